The largest absolute Gasteiger partial charge is 0.368 e. The van der Waals surface area contributed by atoms with Crippen molar-refractivity contribution in [2.75, 3.05) is 13.6 Å². The Kier molecular flexibility index (Phi) is 4.07. The van der Waals surface area contributed by atoms with Gasteiger partial charge in [0, 0.05) is 25.0 Å². The van der Waals surface area contributed by atoms with Gasteiger partial charge in [0.2, 0.25) is 0 Å². The lowest BCUT2D eigenvalue weighted by atomic mass is 9.83. The molecule has 4 heteroatoms. The van der Waals surface area contributed by atoms with Crippen molar-refractivity contribution in [2.45, 2.75) is 51.5 Å². The molecule has 0 radical (unpaired) electrons. The van der Waals surface area contributed by atoms with Crippen LogP contribution >= 0.6 is 11.3 Å². The Morgan fingerprint density at radius 1 is 1.32 bits per heavy atom. The molecule has 1 aliphatic rings. The summed E-state index contributed by atoms with van der Waals surface area (Å²) in [5, 5.41) is 4.33. The number of hydrogen-bond donors (Lipinski definition) is 1. The molecule has 0 saturated carbocycles. The van der Waals surface area contributed by atoms with E-state index in [0.29, 0.717) is 5.92 Å². The first-order valence-electron chi connectivity index (χ1n) is 6.88. The van der Waals surface area contributed by atoms with Crippen molar-refractivity contribution in [1.82, 2.24) is 4.90 Å². The summed E-state index contributed by atoms with van der Waals surface area (Å²) in [7, 11) is 2.16. The van der Waals surface area contributed by atoms with E-state index in [9.17, 15) is 0 Å². The molecule has 0 aliphatic carbocycles. The molecule has 2 atom stereocenters. The maximum atomic E-state index is 6.40. The van der Waals surface area contributed by atoms with Gasteiger partial charge in [0.15, 0.2) is 0 Å². The lowest BCUT2D eigenvalue weighted by Crippen LogP contribution is -2.47. The lowest BCUT2D eigenvalue weighted by Gasteiger charge is -2.31. The summed E-state index contributed by atoms with van der Waals surface area (Å²) in [6, 6.07) is 2.26. The van der Waals surface area contributed by atoms with E-state index in [0.717, 1.165) is 13.1 Å². The van der Waals surface area contributed by atoms with Gasteiger partial charge in [-0.1, -0.05) is 0 Å². The molecule has 0 bridgehead atoms. The first kappa shape index (κ1) is 15.0. The van der Waals surface area contributed by atoms with Crippen LogP contribution in [-0.4, -0.2) is 35.7 Å². The summed E-state index contributed by atoms with van der Waals surface area (Å²) >= 11 is 1.75. The highest BCUT2D eigenvalue weighted by atomic mass is 32.1. The van der Waals surface area contributed by atoms with Gasteiger partial charge in [0.25, 0.3) is 0 Å². The molecule has 2 rings (SSSR count). The van der Waals surface area contributed by atoms with Crippen LogP contribution in [-0.2, 0) is 11.3 Å². The van der Waals surface area contributed by atoms with Gasteiger partial charge in [-0.3, -0.25) is 0 Å². The minimum atomic E-state index is -0.239. The summed E-state index contributed by atoms with van der Waals surface area (Å²) in [6.45, 7) is 10.4. The van der Waals surface area contributed by atoms with Gasteiger partial charge in [0.1, 0.15) is 0 Å². The third kappa shape index (κ3) is 3.19. The van der Waals surface area contributed by atoms with Crippen LogP contribution in [0.2, 0.25) is 0 Å². The summed E-state index contributed by atoms with van der Waals surface area (Å²) in [5.74, 6) is 0.353. The molecule has 1 saturated heterocycles. The molecule has 1 aliphatic heterocycles. The average Bonchev–Trinajstić information content (AvgIpc) is 2.80. The van der Waals surface area contributed by atoms with Crippen LogP contribution in [0.4, 0.5) is 0 Å². The highest BCUT2D eigenvalue weighted by Gasteiger charge is 2.52. The van der Waals surface area contributed by atoms with Crippen molar-refractivity contribution in [1.29, 1.82) is 0 Å². The molecule has 0 amide bonds. The number of thiophene rings is 1. The van der Waals surface area contributed by atoms with Crippen molar-refractivity contribution in [3.05, 3.63) is 22.4 Å². The Hall–Kier alpha value is -0.420. The van der Waals surface area contributed by atoms with Crippen LogP contribution in [0.15, 0.2) is 16.8 Å². The number of ether oxygens (including phenoxy) is 1. The van der Waals surface area contributed by atoms with Gasteiger partial charge in [0.05, 0.1) is 11.2 Å². The smallest absolute Gasteiger partial charge is 0.0788 e. The zero-order valence-corrected chi connectivity index (χ0v) is 13.5. The second-order valence-electron chi connectivity index (χ2n) is 6.77. The molecule has 1 aromatic rings. The number of nitrogens with zero attached hydrogens (tertiary/aromatic N) is 1. The van der Waals surface area contributed by atoms with Gasteiger partial charge in [-0.05, 0) is 57.1 Å². The number of nitrogens with two attached hydrogens (primary N) is 1. The Morgan fingerprint density at radius 2 is 2.00 bits per heavy atom. The fourth-order valence-corrected chi connectivity index (χ4v) is 3.83. The third-order valence-corrected chi connectivity index (χ3v) is 4.93. The second-order valence-corrected chi connectivity index (χ2v) is 7.55. The Labute approximate surface area is 120 Å². The molecule has 2 unspecified atom stereocenters. The maximum Gasteiger partial charge on any atom is 0.0788 e. The molecule has 1 aromatic heterocycles. The summed E-state index contributed by atoms with van der Waals surface area (Å²) < 4.78 is 6.15. The van der Waals surface area contributed by atoms with Gasteiger partial charge >= 0.3 is 0 Å². The molecule has 3 nitrogen and oxygen atoms in total. The predicted octanol–water partition coefficient (Wildman–Crippen LogP) is 2.71. The van der Waals surface area contributed by atoms with E-state index in [1.54, 1.807) is 11.3 Å². The Bertz CT molecular complexity index is 414. The van der Waals surface area contributed by atoms with Gasteiger partial charge in [-0.2, -0.15) is 11.3 Å². The zero-order chi connectivity index (χ0) is 14.3. The van der Waals surface area contributed by atoms with Gasteiger partial charge in [-0.25, -0.2) is 0 Å². The molecule has 108 valence electrons. The number of rotatable bonds is 4. The van der Waals surface area contributed by atoms with E-state index in [-0.39, 0.29) is 17.2 Å². The van der Waals surface area contributed by atoms with Crippen LogP contribution in [0, 0.1) is 5.92 Å². The van der Waals surface area contributed by atoms with Crippen molar-refractivity contribution < 1.29 is 4.74 Å². The highest BCUT2D eigenvalue weighted by Crippen LogP contribution is 2.41. The lowest BCUT2D eigenvalue weighted by molar-refractivity contribution is -0.0782. The molecule has 2 N–H and O–H groups in total. The minimum absolute atomic E-state index is 0.0763. The predicted molar refractivity (Wildman–Crippen MR) is 81.4 cm³/mol. The minimum Gasteiger partial charge on any atom is -0.368 e. The first-order valence-corrected chi connectivity index (χ1v) is 7.82. The van der Waals surface area contributed by atoms with E-state index in [1.807, 2.05) is 0 Å². The van der Waals surface area contributed by atoms with Crippen LogP contribution in [0.25, 0.3) is 0 Å². The zero-order valence-electron chi connectivity index (χ0n) is 12.6. The van der Waals surface area contributed by atoms with Crippen molar-refractivity contribution in [3.63, 3.8) is 0 Å². The Morgan fingerprint density at radius 3 is 2.47 bits per heavy atom. The Balaban J connectivity index is 2.01. The average molecular weight is 282 g/mol. The van der Waals surface area contributed by atoms with E-state index < -0.39 is 0 Å². The normalized spacial score (nSPS) is 29.0. The first-order chi connectivity index (χ1) is 8.72. The van der Waals surface area contributed by atoms with E-state index >= 15 is 0 Å². The fourth-order valence-electron chi connectivity index (χ4n) is 3.17. The highest BCUT2D eigenvalue weighted by molar-refractivity contribution is 7.07. The van der Waals surface area contributed by atoms with Crippen molar-refractivity contribution in [2.24, 2.45) is 11.7 Å². The van der Waals surface area contributed by atoms with Crippen LogP contribution in [0.5, 0.6) is 0 Å². The second kappa shape index (κ2) is 5.17. The van der Waals surface area contributed by atoms with Crippen molar-refractivity contribution >= 4 is 11.3 Å². The molecule has 2 heterocycles. The fraction of sp³-hybridized carbons (Fsp3) is 0.733. The van der Waals surface area contributed by atoms with E-state index in [1.165, 1.54) is 5.56 Å². The summed E-state index contributed by atoms with van der Waals surface area (Å²) in [5.41, 5.74) is 7.38. The third-order valence-electron chi connectivity index (χ3n) is 4.20. The monoisotopic (exact) mass is 282 g/mol. The molecule has 0 spiro atoms. The van der Waals surface area contributed by atoms with Gasteiger partial charge < -0.3 is 15.4 Å². The topological polar surface area (TPSA) is 38.5 Å². The summed E-state index contributed by atoms with van der Waals surface area (Å²) in [4.78, 5) is 2.35. The standard InChI is InChI=1S/C15H26N2OS/c1-14(2)12(13(16)15(3,4)18-14)9-17(5)8-11-6-7-19-10-11/h6-7,10,12-13H,8-9,16H2,1-5H3. The summed E-state index contributed by atoms with van der Waals surface area (Å²) in [6.07, 6.45) is 0. The number of hydrogen-bond acceptors (Lipinski definition) is 4. The quantitative estimate of drug-likeness (QED) is 0.923. The van der Waals surface area contributed by atoms with Crippen LogP contribution in [0.3, 0.4) is 0 Å². The molecule has 19 heavy (non-hydrogen) atoms. The van der Waals surface area contributed by atoms with Crippen LogP contribution < -0.4 is 5.73 Å². The SMILES string of the molecule is CN(Cc1ccsc1)CC1C(N)C(C)(C)OC1(C)C. The molecule has 1 fully saturated rings. The van der Waals surface area contributed by atoms with E-state index in [2.05, 4.69) is 56.5 Å². The van der Waals surface area contributed by atoms with Gasteiger partial charge in [-0.15, -0.1) is 0 Å². The molecular weight excluding hydrogens is 256 g/mol. The van der Waals surface area contributed by atoms with Crippen LogP contribution in [0.1, 0.15) is 33.3 Å². The molecular formula is C15H26N2OS. The van der Waals surface area contributed by atoms with Crippen molar-refractivity contribution in [3.8, 4) is 0 Å². The molecule has 0 aromatic carbocycles. The maximum absolute atomic E-state index is 6.40. The van der Waals surface area contributed by atoms with E-state index in [4.69, 9.17) is 10.5 Å².